The Hall–Kier alpha value is -4.11. The number of esters is 6. The normalized spacial score (nSPS) is 26.1. The number of rotatable bonds is 51. The molecule has 0 amide bonds. The maximum Gasteiger partial charge on any atom is 0.508 e. The number of carbonyl (C=O) groups excluding carboxylic acids is 7. The summed E-state index contributed by atoms with van der Waals surface area (Å²) in [6, 6.07) is 0. The second-order valence-corrected chi connectivity index (χ2v) is 31.7. The monoisotopic (exact) mass is 1430 g/mol. The minimum atomic E-state index is -0.687. The molecule has 0 saturated heterocycles. The molecule has 0 bridgehead atoms. The zero-order chi connectivity index (χ0) is 72.0. The highest BCUT2D eigenvalue weighted by Crippen LogP contribution is 2.44. The van der Waals surface area contributed by atoms with E-state index in [4.69, 9.17) is 61.6 Å². The van der Waals surface area contributed by atoms with Crippen LogP contribution in [0.3, 0.4) is 0 Å². The Morgan fingerprint density at radius 2 is 0.495 bits per heavy atom. The average molecular weight is 1430 g/mol. The minimum Gasteiger partial charge on any atom is -0.469 e. The van der Waals surface area contributed by atoms with Crippen molar-refractivity contribution < 1.29 is 95.1 Å². The molecule has 0 radical (unpaired) electrons. The SMILES string of the molecule is CCC(COCCOCCOCCOCCOC)(COC(=O)CC1CCC(CC2CCC(CC(=O)OC)CC2)CC1)COC(=O)CC1CCC(CC2CCC(CC(=O)OCCCCCCOC(=O)OCCCCCCOC(=O)CC3CCC(CC4CCC(CC(=O)OC)CC4)CC3)CC2)CC1. The van der Waals surface area contributed by atoms with Crippen LogP contribution in [0.5, 0.6) is 0 Å². The average Bonchev–Trinajstić information content (AvgIpc) is 0.901. The van der Waals surface area contributed by atoms with Gasteiger partial charge in [0.25, 0.3) is 0 Å². The Bertz CT molecular complexity index is 2230. The van der Waals surface area contributed by atoms with Gasteiger partial charge in [0.05, 0.1) is 106 Å². The van der Waals surface area contributed by atoms with Crippen LogP contribution in [0.15, 0.2) is 0 Å². The lowest BCUT2D eigenvalue weighted by Gasteiger charge is -2.34. The van der Waals surface area contributed by atoms with Gasteiger partial charge in [0.15, 0.2) is 0 Å². The summed E-state index contributed by atoms with van der Waals surface area (Å²) in [5.41, 5.74) is -0.687. The summed E-state index contributed by atoms with van der Waals surface area (Å²) in [4.78, 5) is 87.9. The molecule has 0 aromatic carbocycles. The van der Waals surface area contributed by atoms with Crippen molar-refractivity contribution in [2.45, 2.75) is 277 Å². The first-order valence-corrected chi connectivity index (χ1v) is 40.6. The molecule has 20 heteroatoms. The van der Waals surface area contributed by atoms with Crippen molar-refractivity contribution in [2.75, 3.05) is 120 Å². The molecule has 0 heterocycles. The Kier molecular flexibility index (Phi) is 44.2. The number of methoxy groups -OCH3 is 3. The minimum absolute atomic E-state index is 0.0827. The lowest BCUT2D eigenvalue weighted by Crippen LogP contribution is -2.39. The molecule has 6 rings (SSSR count). The molecule has 0 aromatic rings. The Labute approximate surface area is 608 Å². The molecule has 6 saturated carbocycles. The number of hydrogen-bond acceptors (Lipinski definition) is 20. The van der Waals surface area contributed by atoms with Crippen molar-refractivity contribution >= 4 is 42.0 Å². The molecule has 20 nitrogen and oxygen atoms in total. The van der Waals surface area contributed by atoms with Gasteiger partial charge in [0.2, 0.25) is 0 Å². The van der Waals surface area contributed by atoms with Crippen LogP contribution in [0, 0.1) is 76.4 Å². The quantitative estimate of drug-likeness (QED) is 0.0312. The smallest absolute Gasteiger partial charge is 0.469 e. The van der Waals surface area contributed by atoms with E-state index in [9.17, 15) is 33.6 Å². The first kappa shape index (κ1) is 85.8. The summed E-state index contributed by atoms with van der Waals surface area (Å²) in [7, 11) is 4.58. The fourth-order valence-corrected chi connectivity index (χ4v) is 17.1. The lowest BCUT2D eigenvalue weighted by molar-refractivity contribution is -0.160. The Balaban J connectivity index is 0.732. The molecular weight excluding hydrogens is 1290 g/mol. The van der Waals surface area contributed by atoms with E-state index in [-0.39, 0.29) is 61.6 Å². The first-order valence-electron chi connectivity index (χ1n) is 40.6. The Morgan fingerprint density at radius 1 is 0.257 bits per heavy atom. The molecule has 0 aromatic heterocycles. The maximum atomic E-state index is 13.6. The van der Waals surface area contributed by atoms with E-state index < -0.39 is 11.6 Å². The van der Waals surface area contributed by atoms with E-state index in [0.717, 1.165) is 185 Å². The van der Waals surface area contributed by atoms with Crippen LogP contribution < -0.4 is 0 Å². The summed E-state index contributed by atoms with van der Waals surface area (Å²) in [5, 5.41) is 0. The zero-order valence-corrected chi connectivity index (χ0v) is 63.4. The highest BCUT2D eigenvalue weighted by atomic mass is 16.7. The van der Waals surface area contributed by atoms with Crippen molar-refractivity contribution in [3.8, 4) is 0 Å². The molecule has 0 spiro atoms. The predicted octanol–water partition coefficient (Wildman–Crippen LogP) is 16.2. The van der Waals surface area contributed by atoms with Gasteiger partial charge in [-0.1, -0.05) is 84.0 Å². The van der Waals surface area contributed by atoms with Crippen molar-refractivity contribution in [2.24, 2.45) is 76.4 Å². The molecular formula is C81H138O20. The predicted molar refractivity (Wildman–Crippen MR) is 384 cm³/mol. The van der Waals surface area contributed by atoms with Crippen LogP contribution in [-0.4, -0.2) is 162 Å². The topological polar surface area (TPSA) is 239 Å². The number of hydrogen-bond donors (Lipinski definition) is 0. The lowest BCUT2D eigenvalue weighted by atomic mass is 9.72. The number of carbonyl (C=O) groups is 7. The number of unbranched alkanes of at least 4 members (excludes halogenated alkanes) is 6. The summed E-state index contributed by atoms with van der Waals surface area (Å²) < 4.78 is 71.6. The van der Waals surface area contributed by atoms with E-state index in [0.29, 0.717) is 172 Å². The van der Waals surface area contributed by atoms with Gasteiger partial charge in [0, 0.05) is 45.6 Å². The van der Waals surface area contributed by atoms with Crippen LogP contribution in [0.1, 0.15) is 277 Å². The van der Waals surface area contributed by atoms with Crippen LogP contribution in [-0.2, 0) is 90.3 Å². The summed E-state index contributed by atoms with van der Waals surface area (Å²) in [6.45, 7) is 7.63. The van der Waals surface area contributed by atoms with Crippen molar-refractivity contribution in [1.29, 1.82) is 0 Å². The van der Waals surface area contributed by atoms with Crippen molar-refractivity contribution in [1.82, 2.24) is 0 Å². The van der Waals surface area contributed by atoms with Crippen molar-refractivity contribution in [3.63, 3.8) is 0 Å². The summed E-state index contributed by atoms with van der Waals surface area (Å²) in [6.07, 6.45) is 40.1. The van der Waals surface area contributed by atoms with Gasteiger partial charge in [-0.15, -0.1) is 0 Å². The molecule has 101 heavy (non-hydrogen) atoms. The van der Waals surface area contributed by atoms with Gasteiger partial charge in [-0.05, 0) is 225 Å². The largest absolute Gasteiger partial charge is 0.508 e. The Morgan fingerprint density at radius 3 is 0.762 bits per heavy atom. The van der Waals surface area contributed by atoms with Gasteiger partial charge in [0.1, 0.15) is 13.2 Å². The summed E-state index contributed by atoms with van der Waals surface area (Å²) in [5.74, 6) is 5.83. The van der Waals surface area contributed by atoms with E-state index in [2.05, 4.69) is 0 Å². The van der Waals surface area contributed by atoms with Crippen LogP contribution >= 0.6 is 0 Å². The zero-order valence-electron chi connectivity index (χ0n) is 63.4. The van der Waals surface area contributed by atoms with Crippen LogP contribution in [0.4, 0.5) is 4.79 Å². The van der Waals surface area contributed by atoms with E-state index in [1.807, 2.05) is 6.92 Å². The second-order valence-electron chi connectivity index (χ2n) is 31.7. The van der Waals surface area contributed by atoms with Gasteiger partial charge in [-0.25, -0.2) is 4.79 Å². The highest BCUT2D eigenvalue weighted by molar-refractivity contribution is 5.71. The van der Waals surface area contributed by atoms with E-state index in [1.165, 1.54) is 72.0 Å². The second kappa shape index (κ2) is 52.0. The van der Waals surface area contributed by atoms with Gasteiger partial charge in [-0.2, -0.15) is 0 Å². The van der Waals surface area contributed by atoms with E-state index in [1.54, 1.807) is 7.11 Å². The number of ether oxygens (including phenoxy) is 13. The molecule has 6 fully saturated rings. The maximum absolute atomic E-state index is 13.6. The molecule has 582 valence electrons. The molecule has 6 aliphatic rings. The molecule has 0 aliphatic heterocycles. The van der Waals surface area contributed by atoms with Crippen LogP contribution in [0.2, 0.25) is 0 Å². The van der Waals surface area contributed by atoms with Gasteiger partial charge in [-0.3, -0.25) is 28.8 Å². The molecule has 1 atom stereocenters. The fraction of sp³-hybridized carbons (Fsp3) is 0.914. The third-order valence-electron chi connectivity index (χ3n) is 23.8. The molecule has 0 N–H and O–H groups in total. The fourth-order valence-electron chi connectivity index (χ4n) is 17.1. The van der Waals surface area contributed by atoms with Crippen LogP contribution in [0.25, 0.3) is 0 Å². The van der Waals surface area contributed by atoms with E-state index >= 15 is 0 Å². The molecule has 1 unspecified atom stereocenters. The van der Waals surface area contributed by atoms with Gasteiger partial charge >= 0.3 is 42.0 Å². The third-order valence-corrected chi connectivity index (χ3v) is 23.8. The molecule has 6 aliphatic carbocycles. The van der Waals surface area contributed by atoms with Crippen molar-refractivity contribution in [3.05, 3.63) is 0 Å². The standard InChI is InChI=1S/C81H138O20/c1-5-81(59-95-49-48-94-47-46-93-45-44-92-43-42-89-2,60-100-78(86)57-72-34-22-66(23-35-72)51-63-16-28-69(29-17-63)54-75(83)91-4)61-101-79(87)58-73-36-24-67(25-37-73)52-65-20-32-71(33-21-65)56-77(85)97-39-11-7-9-13-41-99-80(88)98-40-12-8-6-10-38-96-76(84)55-70-30-18-64(19-31-70)50-62-14-26-68(27-15-62)53-74(82)90-3/h62-73H,5-61H2,1-4H3. The summed E-state index contributed by atoms with van der Waals surface area (Å²) >= 11 is 0. The highest BCUT2D eigenvalue weighted by Gasteiger charge is 2.36. The third kappa shape index (κ3) is 38.1. The first-order chi connectivity index (χ1) is 49.2. The van der Waals surface area contributed by atoms with Gasteiger partial charge < -0.3 is 61.6 Å².